The van der Waals surface area contributed by atoms with Crippen LogP contribution in [0.2, 0.25) is 0 Å². The van der Waals surface area contributed by atoms with Gasteiger partial charge in [0.05, 0.1) is 0 Å². The van der Waals surface area contributed by atoms with Crippen molar-refractivity contribution >= 4 is 23.4 Å². The average molecular weight is 365 g/mol. The van der Waals surface area contributed by atoms with Gasteiger partial charge in [-0.25, -0.2) is 0 Å². The van der Waals surface area contributed by atoms with Gasteiger partial charge in [0.1, 0.15) is 6.04 Å². The predicted octanol–water partition coefficient (Wildman–Crippen LogP) is 2.63. The summed E-state index contributed by atoms with van der Waals surface area (Å²) in [5.74, 6) is -0.410. The Kier molecular flexibility index (Phi) is 5.54. The van der Waals surface area contributed by atoms with E-state index in [0.717, 1.165) is 6.42 Å². The second kappa shape index (κ2) is 8.03. The predicted molar refractivity (Wildman–Crippen MR) is 104 cm³/mol. The van der Waals surface area contributed by atoms with Gasteiger partial charge in [-0.3, -0.25) is 14.4 Å². The number of nitrogens with one attached hydrogen (secondary N) is 1. The molecule has 2 aromatic carbocycles. The van der Waals surface area contributed by atoms with Crippen LogP contribution in [0, 0.1) is 0 Å². The van der Waals surface area contributed by atoms with Gasteiger partial charge in [0.15, 0.2) is 0 Å². The molecule has 2 aromatic rings. The Bertz CT molecular complexity index is 832. The first-order valence-corrected chi connectivity index (χ1v) is 8.96. The summed E-state index contributed by atoms with van der Waals surface area (Å²) in [6.45, 7) is 0.579. The van der Waals surface area contributed by atoms with E-state index >= 15 is 0 Å². The molecular formula is C21H23N3O3. The molecule has 140 valence electrons. The van der Waals surface area contributed by atoms with Gasteiger partial charge in [-0.05, 0) is 49.2 Å². The standard InChI is InChI=1S/C21H23N3O3/c1-23(2)21(27)18-9-6-14-24(18)20(26)16-10-12-17(13-11-16)22-19(25)15-7-4-3-5-8-15/h3-5,7-8,10-13,18H,6,9,14H2,1-2H3,(H,22,25). The Morgan fingerprint density at radius 1 is 0.963 bits per heavy atom. The van der Waals surface area contributed by atoms with Crippen LogP contribution in [0.1, 0.15) is 33.6 Å². The Hall–Kier alpha value is -3.15. The van der Waals surface area contributed by atoms with Crippen LogP contribution in [0.3, 0.4) is 0 Å². The molecule has 1 atom stereocenters. The first-order valence-electron chi connectivity index (χ1n) is 8.96. The SMILES string of the molecule is CN(C)C(=O)C1CCCN1C(=O)c1ccc(NC(=O)c2ccccc2)cc1. The second-order valence-electron chi connectivity index (χ2n) is 6.79. The monoisotopic (exact) mass is 365 g/mol. The lowest BCUT2D eigenvalue weighted by atomic mass is 10.1. The van der Waals surface area contributed by atoms with Crippen LogP contribution in [0.25, 0.3) is 0 Å². The molecule has 3 amide bonds. The Morgan fingerprint density at radius 2 is 1.63 bits per heavy atom. The van der Waals surface area contributed by atoms with Crippen molar-refractivity contribution in [2.24, 2.45) is 0 Å². The first kappa shape index (κ1) is 18.6. The van der Waals surface area contributed by atoms with E-state index in [2.05, 4.69) is 5.32 Å². The molecule has 0 aromatic heterocycles. The van der Waals surface area contributed by atoms with Crippen molar-refractivity contribution in [1.82, 2.24) is 9.80 Å². The fourth-order valence-electron chi connectivity index (χ4n) is 3.22. The van der Waals surface area contributed by atoms with E-state index < -0.39 is 6.04 Å². The zero-order valence-corrected chi connectivity index (χ0v) is 15.5. The minimum Gasteiger partial charge on any atom is -0.347 e. The van der Waals surface area contributed by atoms with Crippen LogP contribution in [0.15, 0.2) is 54.6 Å². The highest BCUT2D eigenvalue weighted by Crippen LogP contribution is 2.22. The molecule has 27 heavy (non-hydrogen) atoms. The number of anilines is 1. The number of rotatable bonds is 4. The summed E-state index contributed by atoms with van der Waals surface area (Å²) in [5, 5.41) is 2.81. The summed E-state index contributed by atoms with van der Waals surface area (Å²) in [7, 11) is 3.40. The second-order valence-corrected chi connectivity index (χ2v) is 6.79. The van der Waals surface area contributed by atoms with Crippen LogP contribution in [0.5, 0.6) is 0 Å². The Morgan fingerprint density at radius 3 is 2.26 bits per heavy atom. The topological polar surface area (TPSA) is 69.7 Å². The van der Waals surface area contributed by atoms with Crippen molar-refractivity contribution in [3.63, 3.8) is 0 Å². The van der Waals surface area contributed by atoms with E-state index in [1.54, 1.807) is 67.5 Å². The summed E-state index contributed by atoms with van der Waals surface area (Å²) in [4.78, 5) is 40.5. The molecule has 1 heterocycles. The Balaban J connectivity index is 1.69. The van der Waals surface area contributed by atoms with Gasteiger partial charge in [-0.2, -0.15) is 0 Å². The summed E-state index contributed by atoms with van der Waals surface area (Å²) in [5.41, 5.74) is 1.69. The lowest BCUT2D eigenvalue weighted by molar-refractivity contribution is -0.132. The normalized spacial score (nSPS) is 16.1. The lowest BCUT2D eigenvalue weighted by Crippen LogP contribution is -2.45. The summed E-state index contributed by atoms with van der Waals surface area (Å²) >= 11 is 0. The Labute approximate surface area is 158 Å². The molecule has 0 saturated carbocycles. The number of hydrogen-bond acceptors (Lipinski definition) is 3. The molecule has 1 fully saturated rings. The number of hydrogen-bond donors (Lipinski definition) is 1. The quantitative estimate of drug-likeness (QED) is 0.906. The largest absolute Gasteiger partial charge is 0.347 e. The highest BCUT2D eigenvalue weighted by molar-refractivity contribution is 6.04. The zero-order valence-electron chi connectivity index (χ0n) is 15.5. The molecule has 1 aliphatic rings. The molecule has 0 bridgehead atoms. The van der Waals surface area contributed by atoms with Gasteiger partial charge in [0, 0.05) is 37.5 Å². The van der Waals surface area contributed by atoms with E-state index in [1.165, 1.54) is 4.90 Å². The molecule has 0 aliphatic carbocycles. The molecule has 0 radical (unpaired) electrons. The molecule has 1 saturated heterocycles. The van der Waals surface area contributed by atoms with Crippen LogP contribution in [-0.2, 0) is 4.79 Å². The number of likely N-dealkylation sites (N-methyl/N-ethyl adjacent to an activating group) is 1. The molecule has 1 unspecified atom stereocenters. The fourth-order valence-corrected chi connectivity index (χ4v) is 3.22. The maximum atomic E-state index is 12.8. The van der Waals surface area contributed by atoms with E-state index in [-0.39, 0.29) is 17.7 Å². The zero-order chi connectivity index (χ0) is 19.4. The van der Waals surface area contributed by atoms with Crippen molar-refractivity contribution in [1.29, 1.82) is 0 Å². The maximum Gasteiger partial charge on any atom is 0.255 e. The van der Waals surface area contributed by atoms with Gasteiger partial charge in [0.2, 0.25) is 5.91 Å². The molecule has 1 aliphatic heterocycles. The highest BCUT2D eigenvalue weighted by Gasteiger charge is 2.35. The van der Waals surface area contributed by atoms with Crippen LogP contribution in [-0.4, -0.2) is 54.2 Å². The van der Waals surface area contributed by atoms with E-state index in [1.807, 2.05) is 6.07 Å². The number of nitrogens with zero attached hydrogens (tertiary/aromatic N) is 2. The molecular weight excluding hydrogens is 342 g/mol. The average Bonchev–Trinajstić information content (AvgIpc) is 3.17. The summed E-state index contributed by atoms with van der Waals surface area (Å²) in [6, 6.07) is 15.3. The number of benzene rings is 2. The van der Waals surface area contributed by atoms with Gasteiger partial charge >= 0.3 is 0 Å². The molecule has 0 spiro atoms. The smallest absolute Gasteiger partial charge is 0.255 e. The van der Waals surface area contributed by atoms with Crippen molar-refractivity contribution in [3.05, 3.63) is 65.7 Å². The lowest BCUT2D eigenvalue weighted by Gasteiger charge is -2.26. The fraction of sp³-hybridized carbons (Fsp3) is 0.286. The van der Waals surface area contributed by atoms with Crippen LogP contribution in [0.4, 0.5) is 5.69 Å². The van der Waals surface area contributed by atoms with Crippen molar-refractivity contribution < 1.29 is 14.4 Å². The summed E-state index contributed by atoms with van der Waals surface area (Å²) in [6.07, 6.45) is 1.51. The number of carbonyl (C=O) groups excluding carboxylic acids is 3. The van der Waals surface area contributed by atoms with Crippen molar-refractivity contribution in [2.75, 3.05) is 26.0 Å². The summed E-state index contributed by atoms with van der Waals surface area (Å²) < 4.78 is 0. The van der Waals surface area contributed by atoms with E-state index in [0.29, 0.717) is 29.8 Å². The van der Waals surface area contributed by atoms with Crippen LogP contribution < -0.4 is 5.32 Å². The first-order chi connectivity index (χ1) is 13.0. The number of amides is 3. The molecule has 1 N–H and O–H groups in total. The molecule has 6 heteroatoms. The number of likely N-dealkylation sites (tertiary alicyclic amines) is 1. The molecule has 3 rings (SSSR count). The minimum absolute atomic E-state index is 0.0485. The van der Waals surface area contributed by atoms with Crippen molar-refractivity contribution in [3.8, 4) is 0 Å². The van der Waals surface area contributed by atoms with Gasteiger partial charge in [0.25, 0.3) is 11.8 Å². The third-order valence-corrected chi connectivity index (χ3v) is 4.67. The van der Waals surface area contributed by atoms with E-state index in [4.69, 9.17) is 0 Å². The molecule has 6 nitrogen and oxygen atoms in total. The third kappa shape index (κ3) is 4.16. The van der Waals surface area contributed by atoms with Crippen LogP contribution >= 0.6 is 0 Å². The van der Waals surface area contributed by atoms with Gasteiger partial charge in [-0.15, -0.1) is 0 Å². The maximum absolute atomic E-state index is 12.8. The minimum atomic E-state index is -0.398. The number of carbonyl (C=O) groups is 3. The van der Waals surface area contributed by atoms with Gasteiger partial charge < -0.3 is 15.1 Å². The van der Waals surface area contributed by atoms with Gasteiger partial charge in [-0.1, -0.05) is 18.2 Å². The highest BCUT2D eigenvalue weighted by atomic mass is 16.2. The third-order valence-electron chi connectivity index (χ3n) is 4.67. The van der Waals surface area contributed by atoms with E-state index in [9.17, 15) is 14.4 Å². The van der Waals surface area contributed by atoms with Crippen molar-refractivity contribution in [2.45, 2.75) is 18.9 Å².